The summed E-state index contributed by atoms with van der Waals surface area (Å²) in [6.45, 7) is 6.85. The highest BCUT2D eigenvalue weighted by atomic mass is 32.1. The summed E-state index contributed by atoms with van der Waals surface area (Å²) in [7, 11) is 0. The minimum atomic E-state index is -5.08. The van der Waals surface area contributed by atoms with E-state index in [-0.39, 0.29) is 0 Å². The van der Waals surface area contributed by atoms with Crippen LogP contribution in [0.2, 0.25) is 0 Å². The van der Waals surface area contributed by atoms with Gasteiger partial charge in [0, 0.05) is 35.6 Å². The number of aromatic nitrogens is 5. The van der Waals surface area contributed by atoms with Crippen molar-refractivity contribution in [2.24, 2.45) is 0 Å². The Kier molecular flexibility index (Phi) is 6.33. The van der Waals surface area contributed by atoms with Crippen molar-refractivity contribution in [3.05, 3.63) is 52.3 Å². The summed E-state index contributed by atoms with van der Waals surface area (Å²) >= 11 is 1.88. The minimum Gasteiger partial charge on any atom is -0.475 e. The number of carboxylic acids is 1. The summed E-state index contributed by atoms with van der Waals surface area (Å²) in [6.07, 6.45) is 0.341. The highest BCUT2D eigenvalue weighted by Gasteiger charge is 2.38. The van der Waals surface area contributed by atoms with Gasteiger partial charge in [-0.15, -0.1) is 11.3 Å². The van der Waals surface area contributed by atoms with Crippen LogP contribution in [0.5, 0.6) is 0 Å². The summed E-state index contributed by atoms with van der Waals surface area (Å²) in [5.41, 5.74) is 1.05. The molecule has 0 fully saturated rings. The molecule has 0 amide bonds. The largest absolute Gasteiger partial charge is 0.490 e. The Hall–Kier alpha value is -2.73. The zero-order valence-corrected chi connectivity index (χ0v) is 16.3. The maximum absolute atomic E-state index is 10.6. The number of carbonyl (C=O) groups is 1. The van der Waals surface area contributed by atoms with Gasteiger partial charge in [0.15, 0.2) is 0 Å². The van der Waals surface area contributed by atoms with Gasteiger partial charge >= 0.3 is 12.1 Å². The lowest BCUT2D eigenvalue weighted by Gasteiger charge is -2.26. The molecule has 0 bridgehead atoms. The van der Waals surface area contributed by atoms with Gasteiger partial charge in [-0.05, 0) is 19.1 Å². The molecule has 3 aromatic heterocycles. The predicted octanol–water partition coefficient (Wildman–Crippen LogP) is 2.54. The van der Waals surface area contributed by atoms with Crippen molar-refractivity contribution in [2.75, 3.05) is 6.54 Å². The number of aliphatic carboxylic acids is 1. The lowest BCUT2D eigenvalue weighted by Crippen LogP contribution is -2.32. The lowest BCUT2D eigenvalue weighted by atomic mass is 10.3. The Labute approximate surface area is 168 Å². The third-order valence-corrected chi connectivity index (χ3v) is 5.13. The van der Waals surface area contributed by atoms with Crippen molar-refractivity contribution >= 4 is 17.3 Å². The number of aryl methyl sites for hydroxylation is 1. The average Bonchev–Trinajstić information content (AvgIpc) is 3.36. The Morgan fingerprint density at radius 1 is 1.28 bits per heavy atom. The first-order valence-corrected chi connectivity index (χ1v) is 9.47. The van der Waals surface area contributed by atoms with E-state index in [2.05, 4.69) is 44.8 Å². The normalized spacial score (nSPS) is 14.2. The number of nitrogens with zero attached hydrogens (tertiary/aromatic N) is 6. The van der Waals surface area contributed by atoms with Crippen LogP contribution in [0.25, 0.3) is 0 Å². The molecule has 0 saturated carbocycles. The van der Waals surface area contributed by atoms with Crippen molar-refractivity contribution in [3.63, 3.8) is 0 Å². The van der Waals surface area contributed by atoms with Crippen molar-refractivity contribution in [1.82, 2.24) is 29.2 Å². The van der Waals surface area contributed by atoms with E-state index in [1.54, 1.807) is 17.3 Å². The van der Waals surface area contributed by atoms with Crippen molar-refractivity contribution < 1.29 is 23.1 Å². The number of hydrogen-bond acceptors (Lipinski definition) is 6. The molecule has 4 rings (SSSR count). The van der Waals surface area contributed by atoms with Gasteiger partial charge in [0.25, 0.3) is 0 Å². The zero-order chi connectivity index (χ0) is 21.0. The van der Waals surface area contributed by atoms with Crippen LogP contribution >= 0.6 is 11.3 Å². The Balaban J connectivity index is 0.000000298. The fourth-order valence-electron chi connectivity index (χ4n) is 2.84. The Morgan fingerprint density at radius 3 is 2.62 bits per heavy atom. The summed E-state index contributed by atoms with van der Waals surface area (Å²) in [6, 6.07) is 4.43. The van der Waals surface area contributed by atoms with Crippen LogP contribution in [0.15, 0.2) is 31.0 Å². The van der Waals surface area contributed by atoms with Crippen LogP contribution in [-0.2, 0) is 31.0 Å². The van der Waals surface area contributed by atoms with E-state index >= 15 is 0 Å². The standard InChI is InChI=1S/C15H18N6S.C2HF3O2/c1-12-2-3-14(22-12)8-19-4-5-20-6-13(18-15(20)9-19)7-21-11-16-10-17-21;3-2(4,5)1(6)7/h2-3,6,10-11H,4-5,7-9H2,1H3;(H,6,7). The quantitative estimate of drug-likeness (QED) is 0.687. The number of rotatable bonds is 4. The fraction of sp³-hybridized carbons (Fsp3) is 0.412. The summed E-state index contributed by atoms with van der Waals surface area (Å²) in [5, 5.41) is 11.3. The molecule has 156 valence electrons. The van der Waals surface area contributed by atoms with Crippen LogP contribution in [0.3, 0.4) is 0 Å². The first-order valence-electron chi connectivity index (χ1n) is 8.66. The van der Waals surface area contributed by atoms with Gasteiger partial charge in [-0.25, -0.2) is 19.4 Å². The molecule has 4 heterocycles. The van der Waals surface area contributed by atoms with Crippen LogP contribution in [0.1, 0.15) is 21.3 Å². The second-order valence-corrected chi connectivity index (χ2v) is 7.83. The number of hydrogen-bond donors (Lipinski definition) is 1. The predicted molar refractivity (Wildman–Crippen MR) is 98.2 cm³/mol. The van der Waals surface area contributed by atoms with E-state index < -0.39 is 12.1 Å². The second kappa shape index (κ2) is 8.74. The van der Waals surface area contributed by atoms with Gasteiger partial charge in [0.05, 0.1) is 18.8 Å². The van der Waals surface area contributed by atoms with Crippen molar-refractivity contribution in [3.8, 4) is 0 Å². The van der Waals surface area contributed by atoms with Gasteiger partial charge in [-0.2, -0.15) is 18.3 Å². The number of halogens is 3. The highest BCUT2D eigenvalue weighted by Crippen LogP contribution is 2.20. The number of carboxylic acid groups (broad SMARTS) is 1. The van der Waals surface area contributed by atoms with Crippen LogP contribution in [0.4, 0.5) is 13.2 Å². The third-order valence-electron chi connectivity index (χ3n) is 4.14. The zero-order valence-electron chi connectivity index (χ0n) is 15.5. The first kappa shape index (κ1) is 21.0. The van der Waals surface area contributed by atoms with Gasteiger partial charge in [0.1, 0.15) is 18.5 Å². The van der Waals surface area contributed by atoms with E-state index in [1.165, 1.54) is 9.75 Å². The molecule has 1 aliphatic rings. The summed E-state index contributed by atoms with van der Waals surface area (Å²) in [5.74, 6) is -1.61. The molecule has 3 aromatic rings. The lowest BCUT2D eigenvalue weighted by molar-refractivity contribution is -0.192. The molecule has 0 saturated heterocycles. The third kappa shape index (κ3) is 5.87. The Morgan fingerprint density at radius 2 is 2.03 bits per heavy atom. The van der Waals surface area contributed by atoms with Gasteiger partial charge in [-0.3, -0.25) is 4.90 Å². The van der Waals surface area contributed by atoms with E-state index in [0.29, 0.717) is 6.54 Å². The van der Waals surface area contributed by atoms with Gasteiger partial charge < -0.3 is 9.67 Å². The smallest absolute Gasteiger partial charge is 0.475 e. The molecular weight excluding hydrogens is 409 g/mol. The summed E-state index contributed by atoms with van der Waals surface area (Å²) in [4.78, 5) is 22.9. The fourth-order valence-corrected chi connectivity index (χ4v) is 3.78. The monoisotopic (exact) mass is 428 g/mol. The van der Waals surface area contributed by atoms with Crippen LogP contribution in [0, 0.1) is 6.92 Å². The number of imidazole rings is 1. The molecule has 1 N–H and O–H groups in total. The molecular formula is C17H19F3N6O2S. The maximum atomic E-state index is 10.6. The highest BCUT2D eigenvalue weighted by molar-refractivity contribution is 7.11. The summed E-state index contributed by atoms with van der Waals surface area (Å²) < 4.78 is 35.8. The van der Waals surface area contributed by atoms with Crippen molar-refractivity contribution in [2.45, 2.75) is 39.3 Å². The van der Waals surface area contributed by atoms with E-state index in [4.69, 9.17) is 14.9 Å². The average molecular weight is 428 g/mol. The Bertz CT molecular complexity index is 951. The molecule has 12 heteroatoms. The second-order valence-electron chi connectivity index (χ2n) is 6.46. The molecule has 1 aliphatic heterocycles. The topological polar surface area (TPSA) is 89.1 Å². The molecule has 29 heavy (non-hydrogen) atoms. The van der Waals surface area contributed by atoms with Crippen LogP contribution in [-0.4, -0.2) is 53.0 Å². The molecule has 0 aromatic carbocycles. The van der Waals surface area contributed by atoms with E-state index in [1.807, 2.05) is 11.3 Å². The van der Waals surface area contributed by atoms with Gasteiger partial charge in [0.2, 0.25) is 0 Å². The van der Waals surface area contributed by atoms with E-state index in [9.17, 15) is 13.2 Å². The number of thiophene rings is 1. The van der Waals surface area contributed by atoms with E-state index in [0.717, 1.165) is 37.7 Å². The maximum Gasteiger partial charge on any atom is 0.490 e. The van der Waals surface area contributed by atoms with Gasteiger partial charge in [-0.1, -0.05) is 0 Å². The molecule has 0 atom stereocenters. The SMILES string of the molecule is Cc1ccc(CN2CCn3cc(Cn4cncn4)nc3C2)s1.O=C(O)C(F)(F)F. The molecule has 0 aliphatic carbocycles. The first-order chi connectivity index (χ1) is 13.7. The molecule has 8 nitrogen and oxygen atoms in total. The molecule has 0 radical (unpaired) electrons. The van der Waals surface area contributed by atoms with Crippen molar-refractivity contribution in [1.29, 1.82) is 0 Å². The minimum absolute atomic E-state index is 0.685. The number of alkyl halides is 3. The molecule has 0 unspecified atom stereocenters. The molecule has 0 spiro atoms. The van der Waals surface area contributed by atoms with Crippen LogP contribution < -0.4 is 0 Å². The number of fused-ring (bicyclic) bond motifs is 1.